The van der Waals surface area contributed by atoms with Gasteiger partial charge in [0.05, 0.1) is 5.56 Å². The summed E-state index contributed by atoms with van der Waals surface area (Å²) < 4.78 is 42.7. The largest absolute Gasteiger partial charge is 0.417 e. The van der Waals surface area contributed by atoms with Crippen LogP contribution < -0.4 is 0 Å². The summed E-state index contributed by atoms with van der Waals surface area (Å²) in [7, 11) is 0. The highest BCUT2D eigenvalue weighted by atomic mass is 19.4. The number of pyridine rings is 1. The molecule has 2 heterocycles. The van der Waals surface area contributed by atoms with Crippen LogP contribution in [0.3, 0.4) is 0 Å². The van der Waals surface area contributed by atoms with Crippen molar-refractivity contribution in [3.63, 3.8) is 0 Å². The summed E-state index contributed by atoms with van der Waals surface area (Å²) in [4.78, 5) is 3.81. The Bertz CT molecular complexity index is 720. The van der Waals surface area contributed by atoms with Crippen molar-refractivity contribution < 1.29 is 17.7 Å². The van der Waals surface area contributed by atoms with E-state index in [1.807, 2.05) is 6.07 Å². The van der Waals surface area contributed by atoms with Gasteiger partial charge >= 0.3 is 6.18 Å². The van der Waals surface area contributed by atoms with Crippen LogP contribution in [0.1, 0.15) is 5.56 Å². The van der Waals surface area contributed by atoms with Crippen molar-refractivity contribution >= 4 is 11.0 Å². The van der Waals surface area contributed by atoms with Gasteiger partial charge in [-0.1, -0.05) is 35.5 Å². The minimum absolute atomic E-state index is 0.0914. The normalized spacial score (nSPS) is 11.9. The summed E-state index contributed by atoms with van der Waals surface area (Å²) in [5, 5.41) is 3.63. The average Bonchev–Trinajstić information content (AvgIpc) is 2.81. The molecule has 0 fully saturated rings. The number of hydrogen-bond donors (Lipinski definition) is 0. The molecule has 0 unspecified atom stereocenters. The second-order valence-electron chi connectivity index (χ2n) is 3.97. The number of rotatable bonds is 1. The zero-order valence-electron chi connectivity index (χ0n) is 9.48. The molecular weight excluding hydrogens is 257 g/mol. The zero-order valence-corrected chi connectivity index (χ0v) is 9.48. The van der Waals surface area contributed by atoms with Gasteiger partial charge in [0.1, 0.15) is 11.0 Å². The number of halogens is 3. The van der Waals surface area contributed by atoms with Gasteiger partial charge in [-0.15, -0.1) is 0 Å². The van der Waals surface area contributed by atoms with E-state index in [0.717, 1.165) is 17.8 Å². The quantitative estimate of drug-likeness (QED) is 0.669. The van der Waals surface area contributed by atoms with E-state index in [9.17, 15) is 13.2 Å². The molecule has 0 aliphatic carbocycles. The average molecular weight is 264 g/mol. The van der Waals surface area contributed by atoms with Gasteiger partial charge in [0, 0.05) is 11.8 Å². The third kappa shape index (κ3) is 2.05. The number of nitrogens with zero attached hydrogens (tertiary/aromatic N) is 2. The molecule has 0 saturated carbocycles. The predicted octanol–water partition coefficient (Wildman–Crippen LogP) is 3.91. The highest BCUT2D eigenvalue weighted by molar-refractivity contribution is 5.88. The van der Waals surface area contributed by atoms with Crippen LogP contribution in [-0.2, 0) is 6.18 Å². The van der Waals surface area contributed by atoms with E-state index in [1.165, 1.54) is 0 Å². The molecule has 96 valence electrons. The molecule has 0 spiro atoms. The lowest BCUT2D eigenvalue weighted by atomic mass is 10.1. The van der Waals surface area contributed by atoms with E-state index < -0.39 is 11.7 Å². The zero-order chi connectivity index (χ0) is 13.5. The van der Waals surface area contributed by atoms with Crippen LogP contribution in [0.5, 0.6) is 0 Å². The summed E-state index contributed by atoms with van der Waals surface area (Å²) in [6.07, 6.45) is -3.65. The summed E-state index contributed by atoms with van der Waals surface area (Å²) in [6, 6.07) is 9.91. The van der Waals surface area contributed by atoms with E-state index in [2.05, 4.69) is 10.1 Å². The second kappa shape index (κ2) is 4.08. The van der Waals surface area contributed by atoms with E-state index in [1.54, 1.807) is 24.3 Å². The van der Waals surface area contributed by atoms with Gasteiger partial charge in [-0.25, -0.2) is 4.98 Å². The Balaban J connectivity index is 2.16. The Labute approximate surface area is 105 Å². The number of aromatic nitrogens is 2. The van der Waals surface area contributed by atoms with Gasteiger partial charge in [-0.2, -0.15) is 13.2 Å². The maximum absolute atomic E-state index is 12.5. The van der Waals surface area contributed by atoms with Gasteiger partial charge < -0.3 is 4.52 Å². The fraction of sp³-hybridized carbons (Fsp3) is 0.0769. The fourth-order valence-electron chi connectivity index (χ4n) is 1.77. The van der Waals surface area contributed by atoms with Gasteiger partial charge in [0.25, 0.3) is 0 Å². The molecule has 0 radical (unpaired) electrons. The molecular formula is C13H7F3N2O. The lowest BCUT2D eigenvalue weighted by molar-refractivity contribution is -0.137. The predicted molar refractivity (Wildman–Crippen MR) is 62.2 cm³/mol. The minimum atomic E-state index is -4.44. The molecule has 0 bridgehead atoms. The first-order valence-electron chi connectivity index (χ1n) is 5.44. The molecule has 0 saturated heterocycles. The third-order valence-corrected chi connectivity index (χ3v) is 2.68. The Morgan fingerprint density at radius 2 is 1.79 bits per heavy atom. The van der Waals surface area contributed by atoms with E-state index in [-0.39, 0.29) is 5.52 Å². The van der Waals surface area contributed by atoms with Crippen molar-refractivity contribution in [2.75, 3.05) is 0 Å². The molecule has 6 heteroatoms. The first-order valence-corrected chi connectivity index (χ1v) is 5.44. The van der Waals surface area contributed by atoms with Crippen LogP contribution in [0.25, 0.3) is 22.4 Å². The Morgan fingerprint density at radius 3 is 2.47 bits per heavy atom. The monoisotopic (exact) mass is 264 g/mol. The van der Waals surface area contributed by atoms with E-state index >= 15 is 0 Å². The standard InChI is InChI=1S/C13H7F3N2O/c14-13(15,16)9-6-10-11(17-7-9)12(19-18-10)8-4-2-1-3-5-8/h1-7H. The molecule has 0 aliphatic rings. The van der Waals surface area contributed by atoms with E-state index in [0.29, 0.717) is 11.3 Å². The smallest absolute Gasteiger partial charge is 0.353 e. The van der Waals surface area contributed by atoms with Crippen LogP contribution in [-0.4, -0.2) is 10.1 Å². The summed E-state index contributed by atoms with van der Waals surface area (Å²) >= 11 is 0. The minimum Gasteiger partial charge on any atom is -0.353 e. The summed E-state index contributed by atoms with van der Waals surface area (Å²) in [6.45, 7) is 0. The lowest BCUT2D eigenvalue weighted by Crippen LogP contribution is -2.05. The molecule has 0 atom stereocenters. The van der Waals surface area contributed by atoms with Crippen LogP contribution in [0.2, 0.25) is 0 Å². The van der Waals surface area contributed by atoms with Crippen molar-refractivity contribution in [1.29, 1.82) is 0 Å². The first-order chi connectivity index (χ1) is 9.05. The summed E-state index contributed by atoms with van der Waals surface area (Å²) in [5.74, 6) is 0.365. The third-order valence-electron chi connectivity index (χ3n) is 2.68. The maximum Gasteiger partial charge on any atom is 0.417 e. The number of alkyl halides is 3. The maximum atomic E-state index is 12.5. The molecule has 3 aromatic rings. The molecule has 3 rings (SSSR count). The topological polar surface area (TPSA) is 38.9 Å². The van der Waals surface area contributed by atoms with Gasteiger partial charge in [-0.3, -0.25) is 0 Å². The van der Waals surface area contributed by atoms with Crippen LogP contribution in [0, 0.1) is 0 Å². The van der Waals surface area contributed by atoms with Crippen LogP contribution in [0.4, 0.5) is 13.2 Å². The second-order valence-corrected chi connectivity index (χ2v) is 3.97. The summed E-state index contributed by atoms with van der Waals surface area (Å²) in [5.41, 5.74) is 0.290. The molecule has 2 aromatic heterocycles. The first kappa shape index (κ1) is 11.7. The van der Waals surface area contributed by atoms with E-state index in [4.69, 9.17) is 4.52 Å². The van der Waals surface area contributed by atoms with Crippen molar-refractivity contribution in [3.8, 4) is 11.3 Å². The molecule has 0 amide bonds. The highest BCUT2D eigenvalue weighted by Crippen LogP contribution is 2.33. The SMILES string of the molecule is FC(F)(F)c1cnc2c(-c3ccccc3)onc2c1. The number of benzene rings is 1. The molecule has 3 nitrogen and oxygen atoms in total. The number of hydrogen-bond acceptors (Lipinski definition) is 3. The molecule has 19 heavy (non-hydrogen) atoms. The number of fused-ring (bicyclic) bond motifs is 1. The van der Waals surface area contributed by atoms with Crippen molar-refractivity contribution in [1.82, 2.24) is 10.1 Å². The van der Waals surface area contributed by atoms with Crippen LogP contribution in [0.15, 0.2) is 47.1 Å². The van der Waals surface area contributed by atoms with Crippen molar-refractivity contribution in [2.45, 2.75) is 6.18 Å². The Hall–Kier alpha value is -2.37. The fourth-order valence-corrected chi connectivity index (χ4v) is 1.77. The Morgan fingerprint density at radius 1 is 1.05 bits per heavy atom. The lowest BCUT2D eigenvalue weighted by Gasteiger charge is -2.04. The molecule has 0 aliphatic heterocycles. The van der Waals surface area contributed by atoms with Gasteiger partial charge in [0.2, 0.25) is 0 Å². The Kier molecular flexibility index (Phi) is 2.51. The van der Waals surface area contributed by atoms with Crippen molar-refractivity contribution in [2.24, 2.45) is 0 Å². The molecule has 1 aromatic carbocycles. The van der Waals surface area contributed by atoms with Gasteiger partial charge in [-0.05, 0) is 6.07 Å². The van der Waals surface area contributed by atoms with Crippen LogP contribution >= 0.6 is 0 Å². The van der Waals surface area contributed by atoms with Gasteiger partial charge in [0.15, 0.2) is 5.76 Å². The highest BCUT2D eigenvalue weighted by Gasteiger charge is 2.31. The molecule has 0 N–H and O–H groups in total. The van der Waals surface area contributed by atoms with Crippen molar-refractivity contribution in [3.05, 3.63) is 48.2 Å².